The molecule has 5 nitrogen and oxygen atoms in total. The molecule has 0 aromatic carbocycles. The fourth-order valence-corrected chi connectivity index (χ4v) is 1.89. The Morgan fingerprint density at radius 2 is 1.58 bits per heavy atom. The SMILES string of the molecule is CNC(=O)OC(C)(C)C.NC(=O)C1CCCCCC1. The zero-order valence-electron chi connectivity index (χ0n) is 12.6. The van der Waals surface area contributed by atoms with Crippen LogP contribution in [0.2, 0.25) is 0 Å². The molecule has 19 heavy (non-hydrogen) atoms. The zero-order valence-corrected chi connectivity index (χ0v) is 12.6. The van der Waals surface area contributed by atoms with Crippen molar-refractivity contribution in [2.24, 2.45) is 11.7 Å². The highest BCUT2D eigenvalue weighted by Crippen LogP contribution is 2.21. The van der Waals surface area contributed by atoms with Crippen molar-refractivity contribution in [3.05, 3.63) is 0 Å². The molecular formula is C14H28N2O3. The van der Waals surface area contributed by atoms with Gasteiger partial charge in [0.25, 0.3) is 0 Å². The van der Waals surface area contributed by atoms with Crippen molar-refractivity contribution in [3.63, 3.8) is 0 Å². The summed E-state index contributed by atoms with van der Waals surface area (Å²) in [5.41, 5.74) is 4.81. The summed E-state index contributed by atoms with van der Waals surface area (Å²) < 4.78 is 4.84. The number of hydrogen-bond donors (Lipinski definition) is 2. The van der Waals surface area contributed by atoms with Gasteiger partial charge in [-0.05, 0) is 33.6 Å². The lowest BCUT2D eigenvalue weighted by Crippen LogP contribution is -2.30. The van der Waals surface area contributed by atoms with Gasteiger partial charge in [0.15, 0.2) is 0 Å². The van der Waals surface area contributed by atoms with Gasteiger partial charge in [0.05, 0.1) is 0 Å². The molecule has 1 rings (SSSR count). The summed E-state index contributed by atoms with van der Waals surface area (Å²) >= 11 is 0. The average molecular weight is 272 g/mol. The summed E-state index contributed by atoms with van der Waals surface area (Å²) in [7, 11) is 1.54. The molecule has 0 radical (unpaired) electrons. The first-order chi connectivity index (χ1) is 8.76. The number of carbonyl (C=O) groups excluding carboxylic acids is 2. The number of rotatable bonds is 1. The number of carbonyl (C=O) groups is 2. The number of ether oxygens (including phenoxy) is 1. The Kier molecular flexibility index (Phi) is 8.19. The Bertz CT molecular complexity index is 277. The minimum absolute atomic E-state index is 0.0955. The minimum Gasteiger partial charge on any atom is -0.444 e. The molecule has 112 valence electrons. The first-order valence-electron chi connectivity index (χ1n) is 6.96. The van der Waals surface area contributed by atoms with Crippen LogP contribution in [-0.2, 0) is 9.53 Å². The van der Waals surface area contributed by atoms with E-state index in [0.717, 1.165) is 12.8 Å². The van der Waals surface area contributed by atoms with Gasteiger partial charge >= 0.3 is 6.09 Å². The number of nitrogens with two attached hydrogens (primary N) is 1. The van der Waals surface area contributed by atoms with Crippen LogP contribution in [0.25, 0.3) is 0 Å². The van der Waals surface area contributed by atoms with Crippen molar-refractivity contribution in [2.45, 2.75) is 64.9 Å². The molecule has 0 saturated heterocycles. The van der Waals surface area contributed by atoms with E-state index >= 15 is 0 Å². The molecule has 0 aliphatic heterocycles. The molecule has 0 atom stereocenters. The molecule has 0 bridgehead atoms. The maximum Gasteiger partial charge on any atom is 0.407 e. The van der Waals surface area contributed by atoms with Crippen LogP contribution in [0.15, 0.2) is 0 Å². The Balaban J connectivity index is 0.000000344. The maximum atomic E-state index is 10.7. The van der Waals surface area contributed by atoms with Crippen LogP contribution in [0, 0.1) is 5.92 Å². The fourth-order valence-electron chi connectivity index (χ4n) is 1.89. The second-order valence-electron chi connectivity index (χ2n) is 5.84. The predicted molar refractivity (Wildman–Crippen MR) is 75.7 cm³/mol. The molecule has 0 unspecified atom stereocenters. The molecular weight excluding hydrogens is 244 g/mol. The largest absolute Gasteiger partial charge is 0.444 e. The standard InChI is InChI=1S/C8H15NO.C6H13NO2/c9-8(10)7-5-3-1-2-4-6-7;1-6(2,3)9-5(8)7-4/h7H,1-6H2,(H2,9,10);1-4H3,(H,7,8). The molecule has 1 aliphatic rings. The van der Waals surface area contributed by atoms with Crippen LogP contribution in [0.3, 0.4) is 0 Å². The summed E-state index contributed by atoms with van der Waals surface area (Å²) in [4.78, 5) is 21.2. The number of nitrogens with one attached hydrogen (secondary N) is 1. The van der Waals surface area contributed by atoms with Gasteiger partial charge in [-0.1, -0.05) is 25.7 Å². The highest BCUT2D eigenvalue weighted by atomic mass is 16.6. The molecule has 0 spiro atoms. The number of primary amides is 1. The lowest BCUT2D eigenvalue weighted by Gasteiger charge is -2.18. The van der Waals surface area contributed by atoms with Crippen molar-refractivity contribution in [1.29, 1.82) is 0 Å². The Hall–Kier alpha value is -1.26. The molecule has 0 aromatic heterocycles. The number of amides is 2. The van der Waals surface area contributed by atoms with Crippen molar-refractivity contribution >= 4 is 12.0 Å². The van der Waals surface area contributed by atoms with E-state index < -0.39 is 0 Å². The molecule has 5 heteroatoms. The first kappa shape index (κ1) is 17.7. The quantitative estimate of drug-likeness (QED) is 0.720. The third-order valence-corrected chi connectivity index (χ3v) is 2.86. The predicted octanol–water partition coefficient (Wildman–Crippen LogP) is 2.58. The fraction of sp³-hybridized carbons (Fsp3) is 0.857. The van der Waals surface area contributed by atoms with Crippen LogP contribution in [0.1, 0.15) is 59.3 Å². The van der Waals surface area contributed by atoms with Gasteiger partial charge in [-0.25, -0.2) is 4.79 Å². The second-order valence-corrected chi connectivity index (χ2v) is 5.84. The maximum absolute atomic E-state index is 10.7. The van der Waals surface area contributed by atoms with Gasteiger partial charge in [-0.15, -0.1) is 0 Å². The van der Waals surface area contributed by atoms with Gasteiger partial charge in [-0.2, -0.15) is 0 Å². The minimum atomic E-state index is -0.389. The van der Waals surface area contributed by atoms with Crippen molar-refractivity contribution in [3.8, 4) is 0 Å². The van der Waals surface area contributed by atoms with Crippen LogP contribution < -0.4 is 11.1 Å². The summed E-state index contributed by atoms with van der Waals surface area (Å²) in [5, 5.41) is 2.36. The zero-order chi connectivity index (χ0) is 14.9. The molecule has 0 heterocycles. The molecule has 1 saturated carbocycles. The van der Waals surface area contributed by atoms with E-state index in [-0.39, 0.29) is 23.5 Å². The summed E-state index contributed by atoms with van der Waals surface area (Å²) in [6, 6.07) is 0. The number of alkyl carbamates (subject to hydrolysis) is 1. The van der Waals surface area contributed by atoms with Gasteiger partial charge < -0.3 is 15.8 Å². The van der Waals surface area contributed by atoms with Crippen LogP contribution >= 0.6 is 0 Å². The van der Waals surface area contributed by atoms with Crippen LogP contribution in [0.5, 0.6) is 0 Å². The number of hydrogen-bond acceptors (Lipinski definition) is 3. The van der Waals surface area contributed by atoms with Gasteiger partial charge in [-0.3, -0.25) is 4.79 Å². The van der Waals surface area contributed by atoms with E-state index in [1.54, 1.807) is 0 Å². The van der Waals surface area contributed by atoms with Crippen molar-refractivity contribution < 1.29 is 14.3 Å². The van der Waals surface area contributed by atoms with E-state index in [0.29, 0.717) is 0 Å². The third-order valence-electron chi connectivity index (χ3n) is 2.86. The molecule has 1 aliphatic carbocycles. The first-order valence-corrected chi connectivity index (χ1v) is 6.96. The van der Waals surface area contributed by atoms with Crippen molar-refractivity contribution in [2.75, 3.05) is 7.05 Å². The smallest absolute Gasteiger partial charge is 0.407 e. The van der Waals surface area contributed by atoms with E-state index in [4.69, 9.17) is 10.5 Å². The monoisotopic (exact) mass is 272 g/mol. The summed E-state index contributed by atoms with van der Waals surface area (Å²) in [6.45, 7) is 5.46. The summed E-state index contributed by atoms with van der Waals surface area (Å²) in [6.07, 6.45) is 6.60. The summed E-state index contributed by atoms with van der Waals surface area (Å²) in [5.74, 6) is 0.0874. The molecule has 3 N–H and O–H groups in total. The van der Waals surface area contributed by atoms with Crippen LogP contribution in [-0.4, -0.2) is 24.6 Å². The third kappa shape index (κ3) is 10.4. The Labute approximate surface area is 116 Å². The molecule has 1 fully saturated rings. The lowest BCUT2D eigenvalue weighted by molar-refractivity contribution is -0.122. The van der Waals surface area contributed by atoms with Crippen molar-refractivity contribution in [1.82, 2.24) is 5.32 Å². The lowest BCUT2D eigenvalue weighted by atomic mass is 10.0. The van der Waals surface area contributed by atoms with E-state index in [9.17, 15) is 9.59 Å². The molecule has 2 amide bonds. The van der Waals surface area contributed by atoms with Gasteiger partial charge in [0.1, 0.15) is 5.60 Å². The highest BCUT2D eigenvalue weighted by molar-refractivity contribution is 5.76. The van der Waals surface area contributed by atoms with Gasteiger partial charge in [0, 0.05) is 13.0 Å². The van der Waals surface area contributed by atoms with E-state index in [1.807, 2.05) is 20.8 Å². The normalized spacial score (nSPS) is 16.6. The Morgan fingerprint density at radius 1 is 1.11 bits per heavy atom. The van der Waals surface area contributed by atoms with E-state index in [2.05, 4.69) is 5.32 Å². The molecule has 0 aromatic rings. The van der Waals surface area contributed by atoms with E-state index in [1.165, 1.54) is 32.7 Å². The Morgan fingerprint density at radius 3 is 1.84 bits per heavy atom. The van der Waals surface area contributed by atoms with Gasteiger partial charge in [0.2, 0.25) is 5.91 Å². The highest BCUT2D eigenvalue weighted by Gasteiger charge is 2.16. The topological polar surface area (TPSA) is 81.4 Å². The van der Waals surface area contributed by atoms with Crippen LogP contribution in [0.4, 0.5) is 4.79 Å². The second kappa shape index (κ2) is 8.77. The average Bonchev–Trinajstić information content (AvgIpc) is 2.56.